The quantitative estimate of drug-likeness (QED) is 0.844. The average Bonchev–Trinajstić information content (AvgIpc) is 2.32. The maximum absolute atomic E-state index is 5.77. The summed E-state index contributed by atoms with van der Waals surface area (Å²) in [6, 6.07) is 10.2. The van der Waals surface area contributed by atoms with Gasteiger partial charge in [-0.05, 0) is 18.9 Å². The topological polar surface area (TPSA) is 37.8 Å². The Kier molecular flexibility index (Phi) is 3.94. The van der Waals surface area contributed by atoms with E-state index < -0.39 is 0 Å². The SMILES string of the molecule is Cc1ccc(CCNc2cc(Cl)ncn2)cc1. The van der Waals surface area contributed by atoms with Gasteiger partial charge in [-0.2, -0.15) is 0 Å². The first-order valence-electron chi connectivity index (χ1n) is 5.51. The number of hydrogen-bond acceptors (Lipinski definition) is 3. The van der Waals surface area contributed by atoms with Crippen LogP contribution in [0.25, 0.3) is 0 Å². The minimum absolute atomic E-state index is 0.456. The summed E-state index contributed by atoms with van der Waals surface area (Å²) in [6.07, 6.45) is 2.42. The Morgan fingerprint density at radius 1 is 1.18 bits per heavy atom. The molecule has 1 aromatic carbocycles. The Labute approximate surface area is 106 Å². The summed E-state index contributed by atoms with van der Waals surface area (Å²) in [4.78, 5) is 7.91. The largest absolute Gasteiger partial charge is 0.370 e. The van der Waals surface area contributed by atoms with Crippen LogP contribution in [-0.4, -0.2) is 16.5 Å². The second kappa shape index (κ2) is 5.64. The molecule has 0 aliphatic heterocycles. The van der Waals surface area contributed by atoms with Gasteiger partial charge in [0.25, 0.3) is 0 Å². The molecule has 0 aliphatic carbocycles. The van der Waals surface area contributed by atoms with Crippen LogP contribution in [0.15, 0.2) is 36.7 Å². The maximum Gasteiger partial charge on any atom is 0.134 e. The van der Waals surface area contributed by atoms with Crippen LogP contribution < -0.4 is 5.32 Å². The Balaban J connectivity index is 1.85. The van der Waals surface area contributed by atoms with E-state index in [-0.39, 0.29) is 0 Å². The summed E-state index contributed by atoms with van der Waals surface area (Å²) in [5.41, 5.74) is 2.59. The standard InChI is InChI=1S/C13H14ClN3/c1-10-2-4-11(5-3-10)6-7-15-13-8-12(14)16-9-17-13/h2-5,8-9H,6-7H2,1H3,(H,15,16,17). The molecule has 0 aliphatic rings. The van der Waals surface area contributed by atoms with Crippen molar-refractivity contribution in [3.8, 4) is 0 Å². The van der Waals surface area contributed by atoms with Gasteiger partial charge in [0.15, 0.2) is 0 Å². The summed E-state index contributed by atoms with van der Waals surface area (Å²) >= 11 is 5.77. The zero-order chi connectivity index (χ0) is 12.1. The first-order chi connectivity index (χ1) is 8.24. The molecule has 1 aromatic heterocycles. The highest BCUT2D eigenvalue weighted by Gasteiger charge is 1.96. The van der Waals surface area contributed by atoms with Crippen LogP contribution in [0.1, 0.15) is 11.1 Å². The Morgan fingerprint density at radius 2 is 1.94 bits per heavy atom. The maximum atomic E-state index is 5.77. The van der Waals surface area contributed by atoms with Crippen molar-refractivity contribution in [3.63, 3.8) is 0 Å². The smallest absolute Gasteiger partial charge is 0.134 e. The van der Waals surface area contributed by atoms with E-state index >= 15 is 0 Å². The van der Waals surface area contributed by atoms with Gasteiger partial charge in [0.2, 0.25) is 0 Å². The predicted octanol–water partition coefficient (Wildman–Crippen LogP) is 3.09. The van der Waals surface area contributed by atoms with Crippen LogP contribution in [-0.2, 0) is 6.42 Å². The van der Waals surface area contributed by atoms with Crippen molar-refractivity contribution >= 4 is 17.4 Å². The third-order valence-corrected chi connectivity index (χ3v) is 2.68. The van der Waals surface area contributed by atoms with Gasteiger partial charge >= 0.3 is 0 Å². The molecule has 17 heavy (non-hydrogen) atoms. The lowest BCUT2D eigenvalue weighted by Gasteiger charge is -2.05. The number of nitrogens with one attached hydrogen (secondary N) is 1. The van der Waals surface area contributed by atoms with Gasteiger partial charge in [-0.25, -0.2) is 9.97 Å². The second-order valence-corrected chi connectivity index (χ2v) is 4.28. The normalized spacial score (nSPS) is 10.2. The van der Waals surface area contributed by atoms with Crippen LogP contribution >= 0.6 is 11.6 Å². The molecule has 0 fully saturated rings. The highest BCUT2D eigenvalue weighted by Crippen LogP contribution is 2.09. The molecule has 0 saturated carbocycles. The number of halogens is 1. The monoisotopic (exact) mass is 247 g/mol. The molecule has 3 nitrogen and oxygen atoms in total. The lowest BCUT2D eigenvalue weighted by Crippen LogP contribution is -2.06. The van der Waals surface area contributed by atoms with Crippen molar-refractivity contribution in [3.05, 3.63) is 52.9 Å². The van der Waals surface area contributed by atoms with Gasteiger partial charge in [0, 0.05) is 12.6 Å². The van der Waals surface area contributed by atoms with Gasteiger partial charge in [0.1, 0.15) is 17.3 Å². The minimum atomic E-state index is 0.456. The lowest BCUT2D eigenvalue weighted by molar-refractivity contribution is 0.998. The van der Waals surface area contributed by atoms with Gasteiger partial charge in [-0.1, -0.05) is 41.4 Å². The Hall–Kier alpha value is -1.61. The van der Waals surface area contributed by atoms with E-state index in [1.54, 1.807) is 6.07 Å². The third-order valence-electron chi connectivity index (χ3n) is 2.47. The van der Waals surface area contributed by atoms with Crippen molar-refractivity contribution in [2.45, 2.75) is 13.3 Å². The van der Waals surface area contributed by atoms with Crippen molar-refractivity contribution in [2.24, 2.45) is 0 Å². The second-order valence-electron chi connectivity index (χ2n) is 3.89. The van der Waals surface area contributed by atoms with Gasteiger partial charge < -0.3 is 5.32 Å². The number of hydrogen-bond donors (Lipinski definition) is 1. The van der Waals surface area contributed by atoms with Crippen LogP contribution in [0.5, 0.6) is 0 Å². The number of anilines is 1. The molecule has 0 atom stereocenters. The van der Waals surface area contributed by atoms with E-state index in [1.165, 1.54) is 17.5 Å². The van der Waals surface area contributed by atoms with E-state index in [0.717, 1.165) is 18.8 Å². The van der Waals surface area contributed by atoms with Crippen LogP contribution in [0.3, 0.4) is 0 Å². The summed E-state index contributed by atoms with van der Waals surface area (Å²) in [5.74, 6) is 0.761. The molecule has 0 bridgehead atoms. The average molecular weight is 248 g/mol. The molecular formula is C13H14ClN3. The molecular weight excluding hydrogens is 234 g/mol. The number of aryl methyl sites for hydroxylation is 1. The minimum Gasteiger partial charge on any atom is -0.370 e. The Morgan fingerprint density at radius 3 is 2.65 bits per heavy atom. The van der Waals surface area contributed by atoms with E-state index in [1.807, 2.05) is 0 Å². The van der Waals surface area contributed by atoms with E-state index in [2.05, 4.69) is 46.5 Å². The van der Waals surface area contributed by atoms with Crippen molar-refractivity contribution < 1.29 is 0 Å². The Bertz CT molecular complexity index is 482. The number of aromatic nitrogens is 2. The first kappa shape index (κ1) is 11.9. The molecule has 1 heterocycles. The molecule has 0 unspecified atom stereocenters. The molecule has 2 rings (SSSR count). The first-order valence-corrected chi connectivity index (χ1v) is 5.89. The van der Waals surface area contributed by atoms with E-state index in [0.29, 0.717) is 5.15 Å². The number of nitrogens with zero attached hydrogens (tertiary/aromatic N) is 2. The molecule has 1 N–H and O–H groups in total. The molecule has 0 amide bonds. The number of rotatable bonds is 4. The van der Waals surface area contributed by atoms with Gasteiger partial charge in [-0.3, -0.25) is 0 Å². The fourth-order valence-corrected chi connectivity index (χ4v) is 1.67. The molecule has 0 saturated heterocycles. The molecule has 88 valence electrons. The summed E-state index contributed by atoms with van der Waals surface area (Å²) < 4.78 is 0. The van der Waals surface area contributed by atoms with Gasteiger partial charge in [-0.15, -0.1) is 0 Å². The molecule has 2 aromatic rings. The van der Waals surface area contributed by atoms with Crippen LogP contribution in [0, 0.1) is 6.92 Å². The zero-order valence-electron chi connectivity index (χ0n) is 9.65. The fourth-order valence-electron chi connectivity index (χ4n) is 1.52. The highest BCUT2D eigenvalue weighted by molar-refractivity contribution is 6.29. The van der Waals surface area contributed by atoms with Crippen molar-refractivity contribution in [1.29, 1.82) is 0 Å². The highest BCUT2D eigenvalue weighted by atomic mass is 35.5. The summed E-state index contributed by atoms with van der Waals surface area (Å²) in [7, 11) is 0. The van der Waals surface area contributed by atoms with E-state index in [4.69, 9.17) is 11.6 Å². The molecule has 4 heteroatoms. The van der Waals surface area contributed by atoms with Crippen molar-refractivity contribution in [1.82, 2.24) is 9.97 Å². The summed E-state index contributed by atoms with van der Waals surface area (Å²) in [5, 5.41) is 3.67. The summed E-state index contributed by atoms with van der Waals surface area (Å²) in [6.45, 7) is 2.92. The van der Waals surface area contributed by atoms with Crippen LogP contribution in [0.4, 0.5) is 5.82 Å². The molecule has 0 radical (unpaired) electrons. The van der Waals surface area contributed by atoms with Gasteiger partial charge in [0.05, 0.1) is 0 Å². The lowest BCUT2D eigenvalue weighted by atomic mass is 10.1. The van der Waals surface area contributed by atoms with Crippen LogP contribution in [0.2, 0.25) is 5.15 Å². The number of benzene rings is 1. The van der Waals surface area contributed by atoms with Crippen molar-refractivity contribution in [2.75, 3.05) is 11.9 Å². The molecule has 0 spiro atoms. The third kappa shape index (κ3) is 3.71. The van der Waals surface area contributed by atoms with E-state index in [9.17, 15) is 0 Å². The predicted molar refractivity (Wildman–Crippen MR) is 70.4 cm³/mol. The fraction of sp³-hybridized carbons (Fsp3) is 0.231. The zero-order valence-corrected chi connectivity index (χ0v) is 10.4.